The summed E-state index contributed by atoms with van der Waals surface area (Å²) in [4.78, 5) is 12.2. The van der Waals surface area contributed by atoms with E-state index in [1.165, 1.54) is 6.42 Å². The molecule has 3 unspecified atom stereocenters. The van der Waals surface area contributed by atoms with Gasteiger partial charge in [0.05, 0.1) is 6.04 Å². The minimum Gasteiger partial charge on any atom is -0.352 e. The van der Waals surface area contributed by atoms with Gasteiger partial charge in [0.2, 0.25) is 5.91 Å². The van der Waals surface area contributed by atoms with Crippen molar-refractivity contribution in [3.63, 3.8) is 0 Å². The number of rotatable bonds is 4. The Hall–Kier alpha value is -1.35. The van der Waals surface area contributed by atoms with Crippen LogP contribution in [0.4, 0.5) is 0 Å². The van der Waals surface area contributed by atoms with E-state index in [1.54, 1.807) is 0 Å². The molecule has 2 rings (SSSR count). The normalized spacial score (nSPS) is 27.9. The third kappa shape index (κ3) is 4.07. The number of amides is 1. The van der Waals surface area contributed by atoms with E-state index in [1.807, 2.05) is 30.3 Å². The van der Waals surface area contributed by atoms with Gasteiger partial charge >= 0.3 is 0 Å². The monoisotopic (exact) mass is 274 g/mol. The van der Waals surface area contributed by atoms with Crippen molar-refractivity contribution in [2.24, 2.45) is 17.6 Å². The van der Waals surface area contributed by atoms with Crippen molar-refractivity contribution in [3.05, 3.63) is 35.9 Å². The first kappa shape index (κ1) is 15.0. The van der Waals surface area contributed by atoms with Gasteiger partial charge in [0.1, 0.15) is 0 Å². The van der Waals surface area contributed by atoms with Gasteiger partial charge in [-0.05, 0) is 43.1 Å². The van der Waals surface area contributed by atoms with Crippen molar-refractivity contribution in [2.75, 3.05) is 0 Å². The molecule has 1 aromatic rings. The zero-order valence-electron chi connectivity index (χ0n) is 12.5. The van der Waals surface area contributed by atoms with Crippen molar-refractivity contribution < 1.29 is 4.79 Å². The average molecular weight is 274 g/mol. The fourth-order valence-corrected chi connectivity index (χ4v) is 2.95. The summed E-state index contributed by atoms with van der Waals surface area (Å²) in [5, 5.41) is 3.13. The second-order valence-electron chi connectivity index (χ2n) is 6.27. The first-order valence-electron chi connectivity index (χ1n) is 7.66. The number of hydrogen-bond acceptors (Lipinski definition) is 2. The van der Waals surface area contributed by atoms with E-state index in [9.17, 15) is 4.79 Å². The highest BCUT2D eigenvalue weighted by atomic mass is 16.2. The average Bonchev–Trinajstić information content (AvgIpc) is 2.44. The van der Waals surface area contributed by atoms with E-state index < -0.39 is 6.04 Å². The van der Waals surface area contributed by atoms with Gasteiger partial charge < -0.3 is 11.1 Å². The van der Waals surface area contributed by atoms with Gasteiger partial charge in [-0.2, -0.15) is 0 Å². The second-order valence-corrected chi connectivity index (χ2v) is 6.27. The van der Waals surface area contributed by atoms with Crippen LogP contribution in [0.15, 0.2) is 30.3 Å². The molecular formula is C17H26N2O. The highest BCUT2D eigenvalue weighted by Gasteiger charge is 2.26. The highest BCUT2D eigenvalue weighted by Crippen LogP contribution is 2.29. The lowest BCUT2D eigenvalue weighted by molar-refractivity contribution is -0.123. The maximum atomic E-state index is 12.2. The maximum Gasteiger partial charge on any atom is 0.237 e. The first-order chi connectivity index (χ1) is 9.56. The predicted molar refractivity (Wildman–Crippen MR) is 82.2 cm³/mol. The van der Waals surface area contributed by atoms with E-state index in [2.05, 4.69) is 19.2 Å². The standard InChI is InChI=1S/C17H26N2O/c1-12-8-9-15(10-13(12)2)19-17(20)16(18)11-14-6-4-3-5-7-14/h3-7,12-13,15-16H,8-11,18H2,1-2H3,(H,19,20)/t12?,13?,15?,16-/m0/s1. The van der Waals surface area contributed by atoms with Crippen LogP contribution in [0.2, 0.25) is 0 Å². The lowest BCUT2D eigenvalue weighted by Crippen LogP contribution is -2.48. The summed E-state index contributed by atoms with van der Waals surface area (Å²) in [6, 6.07) is 9.80. The Labute approximate surface area is 121 Å². The summed E-state index contributed by atoms with van der Waals surface area (Å²) in [7, 11) is 0. The van der Waals surface area contributed by atoms with E-state index in [-0.39, 0.29) is 5.91 Å². The van der Waals surface area contributed by atoms with Crippen molar-refractivity contribution in [3.8, 4) is 0 Å². The molecule has 1 aliphatic carbocycles. The number of benzene rings is 1. The van der Waals surface area contributed by atoms with Gasteiger partial charge in [-0.15, -0.1) is 0 Å². The third-order valence-electron chi connectivity index (χ3n) is 4.58. The zero-order valence-corrected chi connectivity index (χ0v) is 12.5. The van der Waals surface area contributed by atoms with E-state index in [0.29, 0.717) is 18.4 Å². The van der Waals surface area contributed by atoms with Crippen LogP contribution >= 0.6 is 0 Å². The van der Waals surface area contributed by atoms with Crippen LogP contribution in [0.3, 0.4) is 0 Å². The molecule has 1 aromatic carbocycles. The lowest BCUT2D eigenvalue weighted by Gasteiger charge is -2.33. The molecule has 3 nitrogen and oxygen atoms in total. The van der Waals surface area contributed by atoms with Crippen molar-refractivity contribution in [1.29, 1.82) is 0 Å². The fourth-order valence-electron chi connectivity index (χ4n) is 2.95. The summed E-state index contributed by atoms with van der Waals surface area (Å²) >= 11 is 0. The van der Waals surface area contributed by atoms with Crippen LogP contribution in [0.1, 0.15) is 38.7 Å². The summed E-state index contributed by atoms with van der Waals surface area (Å²) in [5.41, 5.74) is 7.13. The maximum absolute atomic E-state index is 12.2. The number of nitrogens with two attached hydrogens (primary N) is 1. The second kappa shape index (κ2) is 6.89. The van der Waals surface area contributed by atoms with Gasteiger partial charge in [0.15, 0.2) is 0 Å². The predicted octanol–water partition coefficient (Wildman–Crippen LogP) is 2.50. The van der Waals surface area contributed by atoms with Crippen LogP contribution in [0.25, 0.3) is 0 Å². The number of hydrogen-bond donors (Lipinski definition) is 2. The molecule has 0 aliphatic heterocycles. The highest BCUT2D eigenvalue weighted by molar-refractivity contribution is 5.82. The van der Waals surface area contributed by atoms with Crippen molar-refractivity contribution >= 4 is 5.91 Å². The number of carbonyl (C=O) groups is 1. The number of nitrogens with one attached hydrogen (secondary N) is 1. The Kier molecular flexibility index (Phi) is 5.18. The summed E-state index contributed by atoms with van der Waals surface area (Å²) in [5.74, 6) is 1.43. The molecular weight excluding hydrogens is 248 g/mol. The van der Waals surface area contributed by atoms with Crippen LogP contribution in [0, 0.1) is 11.8 Å². The van der Waals surface area contributed by atoms with Crippen LogP contribution < -0.4 is 11.1 Å². The molecule has 1 aliphatic rings. The summed E-state index contributed by atoms with van der Waals surface area (Å²) in [6.07, 6.45) is 3.95. The minimum atomic E-state index is -0.452. The van der Waals surface area contributed by atoms with E-state index in [4.69, 9.17) is 5.73 Å². The van der Waals surface area contributed by atoms with Crippen LogP contribution in [0.5, 0.6) is 0 Å². The molecule has 110 valence electrons. The van der Waals surface area contributed by atoms with Gasteiger partial charge in [-0.3, -0.25) is 4.79 Å². The Morgan fingerprint density at radius 3 is 2.60 bits per heavy atom. The topological polar surface area (TPSA) is 55.1 Å². The van der Waals surface area contributed by atoms with E-state index in [0.717, 1.165) is 24.3 Å². The largest absolute Gasteiger partial charge is 0.352 e. The minimum absolute atomic E-state index is 0.0133. The quantitative estimate of drug-likeness (QED) is 0.886. The third-order valence-corrected chi connectivity index (χ3v) is 4.58. The molecule has 3 N–H and O–H groups in total. The Balaban J connectivity index is 1.82. The Morgan fingerprint density at radius 2 is 1.95 bits per heavy atom. The molecule has 4 atom stereocenters. The van der Waals surface area contributed by atoms with Crippen molar-refractivity contribution in [1.82, 2.24) is 5.32 Å². The molecule has 1 saturated carbocycles. The van der Waals surface area contributed by atoms with Gasteiger partial charge in [0, 0.05) is 6.04 Å². The molecule has 0 heterocycles. The van der Waals surface area contributed by atoms with Crippen LogP contribution in [-0.2, 0) is 11.2 Å². The van der Waals surface area contributed by atoms with Crippen LogP contribution in [-0.4, -0.2) is 18.0 Å². The molecule has 0 aromatic heterocycles. The molecule has 1 fully saturated rings. The Bertz CT molecular complexity index is 432. The molecule has 0 saturated heterocycles. The zero-order chi connectivity index (χ0) is 14.5. The van der Waals surface area contributed by atoms with Gasteiger partial charge in [-0.1, -0.05) is 44.2 Å². The fraction of sp³-hybridized carbons (Fsp3) is 0.588. The molecule has 0 spiro atoms. The molecule has 3 heteroatoms. The van der Waals surface area contributed by atoms with Gasteiger partial charge in [0.25, 0.3) is 0 Å². The smallest absolute Gasteiger partial charge is 0.237 e. The molecule has 20 heavy (non-hydrogen) atoms. The lowest BCUT2D eigenvalue weighted by atomic mass is 9.79. The summed E-state index contributed by atoms with van der Waals surface area (Å²) in [6.45, 7) is 4.57. The van der Waals surface area contributed by atoms with E-state index >= 15 is 0 Å². The molecule has 0 radical (unpaired) electrons. The molecule has 1 amide bonds. The first-order valence-corrected chi connectivity index (χ1v) is 7.66. The van der Waals surface area contributed by atoms with Crippen molar-refractivity contribution in [2.45, 2.75) is 51.6 Å². The number of carbonyl (C=O) groups excluding carboxylic acids is 1. The van der Waals surface area contributed by atoms with Gasteiger partial charge in [-0.25, -0.2) is 0 Å². The Morgan fingerprint density at radius 1 is 1.25 bits per heavy atom. The summed E-state index contributed by atoms with van der Waals surface area (Å²) < 4.78 is 0. The SMILES string of the molecule is CC1CCC(NC(=O)[C@@H](N)Cc2ccccc2)CC1C. The molecule has 0 bridgehead atoms.